The van der Waals surface area contributed by atoms with Crippen LogP contribution in [0.3, 0.4) is 0 Å². The molecule has 26 heavy (non-hydrogen) atoms. The Morgan fingerprint density at radius 3 is 2.12 bits per heavy atom. The van der Waals surface area contributed by atoms with E-state index in [0.29, 0.717) is 12.8 Å². The van der Waals surface area contributed by atoms with E-state index in [9.17, 15) is 14.4 Å². The number of ether oxygens (including phenoxy) is 1. The van der Waals surface area contributed by atoms with Gasteiger partial charge in [0.1, 0.15) is 6.04 Å². The Morgan fingerprint density at radius 1 is 1.04 bits per heavy atom. The van der Waals surface area contributed by atoms with E-state index in [-0.39, 0.29) is 24.2 Å². The summed E-state index contributed by atoms with van der Waals surface area (Å²) in [5, 5.41) is 2.78. The van der Waals surface area contributed by atoms with Crippen molar-refractivity contribution in [2.75, 3.05) is 20.2 Å². The first-order valence-electron chi connectivity index (χ1n) is 9.79. The fourth-order valence-electron chi connectivity index (χ4n) is 3.41. The molecule has 1 N–H and O–H groups in total. The Bertz CT molecular complexity index is 480. The molecule has 0 aromatic heterocycles. The van der Waals surface area contributed by atoms with Crippen LogP contribution < -0.4 is 5.32 Å². The average molecular weight is 369 g/mol. The second-order valence-electron chi connectivity index (χ2n) is 8.59. The molecule has 150 valence electrons. The van der Waals surface area contributed by atoms with E-state index < -0.39 is 17.4 Å². The first-order chi connectivity index (χ1) is 12.1. The van der Waals surface area contributed by atoms with Crippen molar-refractivity contribution in [1.29, 1.82) is 0 Å². The molecule has 1 rings (SSSR count). The highest BCUT2D eigenvalue weighted by Crippen LogP contribution is 2.27. The summed E-state index contributed by atoms with van der Waals surface area (Å²) in [5.74, 6) is -0.256. The second kappa shape index (κ2) is 10.5. The van der Waals surface area contributed by atoms with Crippen LogP contribution in [-0.4, -0.2) is 48.9 Å². The van der Waals surface area contributed by atoms with E-state index in [1.807, 2.05) is 32.6 Å². The Kier molecular flexibility index (Phi) is 9.09. The first-order valence-corrected chi connectivity index (χ1v) is 9.79. The Hall–Kier alpha value is -1.59. The van der Waals surface area contributed by atoms with Crippen molar-refractivity contribution < 1.29 is 19.1 Å². The van der Waals surface area contributed by atoms with E-state index in [4.69, 9.17) is 4.74 Å². The standard InChI is InChI=1S/C20H36N2O4/c1-15(2)12-16(19(25)26-5)21-17(23)13-20(3,4)14-18(24)22-10-8-6-7-9-11-22/h15-16H,6-14H2,1-5H3,(H,21,23). The molecule has 1 unspecified atom stereocenters. The maximum Gasteiger partial charge on any atom is 0.328 e. The van der Waals surface area contributed by atoms with Gasteiger partial charge in [-0.3, -0.25) is 9.59 Å². The fraction of sp³-hybridized carbons (Fsp3) is 0.850. The van der Waals surface area contributed by atoms with Gasteiger partial charge in [0.2, 0.25) is 11.8 Å². The minimum Gasteiger partial charge on any atom is -0.467 e. The van der Waals surface area contributed by atoms with Crippen LogP contribution in [-0.2, 0) is 19.1 Å². The van der Waals surface area contributed by atoms with Gasteiger partial charge in [-0.25, -0.2) is 4.79 Å². The lowest BCUT2D eigenvalue weighted by Gasteiger charge is -2.28. The highest BCUT2D eigenvalue weighted by Gasteiger charge is 2.30. The van der Waals surface area contributed by atoms with Gasteiger partial charge in [-0.05, 0) is 30.6 Å². The molecule has 1 aliphatic heterocycles. The van der Waals surface area contributed by atoms with Gasteiger partial charge in [-0.2, -0.15) is 0 Å². The topological polar surface area (TPSA) is 75.7 Å². The Balaban J connectivity index is 2.58. The molecule has 1 heterocycles. The SMILES string of the molecule is COC(=O)C(CC(C)C)NC(=O)CC(C)(C)CC(=O)N1CCCCCC1. The van der Waals surface area contributed by atoms with Crippen LogP contribution in [0.2, 0.25) is 0 Å². The monoisotopic (exact) mass is 368 g/mol. The molecule has 1 aliphatic rings. The average Bonchev–Trinajstić information content (AvgIpc) is 2.81. The number of hydrogen-bond donors (Lipinski definition) is 1. The molecule has 0 spiro atoms. The summed E-state index contributed by atoms with van der Waals surface area (Å²) >= 11 is 0. The van der Waals surface area contributed by atoms with Gasteiger partial charge < -0.3 is 15.0 Å². The van der Waals surface area contributed by atoms with Crippen molar-refractivity contribution in [1.82, 2.24) is 10.2 Å². The minimum absolute atomic E-state index is 0.122. The molecular formula is C20H36N2O4. The van der Waals surface area contributed by atoms with Crippen molar-refractivity contribution in [2.45, 2.75) is 78.7 Å². The maximum atomic E-state index is 12.6. The van der Waals surface area contributed by atoms with E-state index >= 15 is 0 Å². The summed E-state index contributed by atoms with van der Waals surface area (Å²) in [6.07, 6.45) is 5.56. The number of amides is 2. The number of methoxy groups -OCH3 is 1. The van der Waals surface area contributed by atoms with Crippen molar-refractivity contribution in [3.63, 3.8) is 0 Å². The highest BCUT2D eigenvalue weighted by atomic mass is 16.5. The third-order valence-electron chi connectivity index (χ3n) is 4.76. The molecule has 0 aliphatic carbocycles. The zero-order valence-corrected chi connectivity index (χ0v) is 17.1. The highest BCUT2D eigenvalue weighted by molar-refractivity contribution is 5.85. The summed E-state index contributed by atoms with van der Waals surface area (Å²) in [6.45, 7) is 9.48. The summed E-state index contributed by atoms with van der Waals surface area (Å²) < 4.78 is 4.79. The summed E-state index contributed by atoms with van der Waals surface area (Å²) in [7, 11) is 1.33. The van der Waals surface area contributed by atoms with Crippen LogP contribution in [0.25, 0.3) is 0 Å². The van der Waals surface area contributed by atoms with Gasteiger partial charge in [0, 0.05) is 25.9 Å². The predicted molar refractivity (Wildman–Crippen MR) is 101 cm³/mol. The number of carbonyl (C=O) groups excluding carboxylic acids is 3. The van der Waals surface area contributed by atoms with Crippen molar-refractivity contribution in [2.24, 2.45) is 11.3 Å². The lowest BCUT2D eigenvalue weighted by Crippen LogP contribution is -2.44. The summed E-state index contributed by atoms with van der Waals surface area (Å²) in [6, 6.07) is -0.635. The Morgan fingerprint density at radius 2 is 1.62 bits per heavy atom. The van der Waals surface area contributed by atoms with E-state index in [1.54, 1.807) is 0 Å². The summed E-state index contributed by atoms with van der Waals surface area (Å²) in [4.78, 5) is 38.8. The van der Waals surface area contributed by atoms with Gasteiger partial charge in [0.25, 0.3) is 0 Å². The fourth-order valence-corrected chi connectivity index (χ4v) is 3.41. The first kappa shape index (κ1) is 22.5. The molecule has 1 fully saturated rings. The number of nitrogens with one attached hydrogen (secondary N) is 1. The second-order valence-corrected chi connectivity index (χ2v) is 8.59. The van der Waals surface area contributed by atoms with E-state index in [0.717, 1.165) is 25.9 Å². The quantitative estimate of drug-likeness (QED) is 0.669. The largest absolute Gasteiger partial charge is 0.467 e. The third kappa shape index (κ3) is 8.19. The molecular weight excluding hydrogens is 332 g/mol. The van der Waals surface area contributed by atoms with Crippen LogP contribution in [0.1, 0.15) is 72.6 Å². The third-order valence-corrected chi connectivity index (χ3v) is 4.76. The number of nitrogens with zero attached hydrogens (tertiary/aromatic N) is 1. The van der Waals surface area contributed by atoms with Crippen LogP contribution in [0.5, 0.6) is 0 Å². The van der Waals surface area contributed by atoms with E-state index in [1.165, 1.54) is 20.0 Å². The molecule has 0 bridgehead atoms. The maximum absolute atomic E-state index is 12.6. The molecule has 1 atom stereocenters. The zero-order valence-electron chi connectivity index (χ0n) is 17.1. The van der Waals surface area contributed by atoms with E-state index in [2.05, 4.69) is 5.32 Å². The van der Waals surface area contributed by atoms with Gasteiger partial charge in [0.05, 0.1) is 7.11 Å². The minimum atomic E-state index is -0.635. The van der Waals surface area contributed by atoms with Crippen LogP contribution in [0.15, 0.2) is 0 Å². The number of carbonyl (C=O) groups is 3. The van der Waals surface area contributed by atoms with Gasteiger partial charge in [-0.15, -0.1) is 0 Å². The van der Waals surface area contributed by atoms with Gasteiger partial charge >= 0.3 is 5.97 Å². The molecule has 2 amide bonds. The molecule has 6 heteroatoms. The molecule has 0 aromatic carbocycles. The number of esters is 1. The van der Waals surface area contributed by atoms with Crippen molar-refractivity contribution >= 4 is 17.8 Å². The van der Waals surface area contributed by atoms with Gasteiger partial charge in [-0.1, -0.05) is 40.5 Å². The number of hydrogen-bond acceptors (Lipinski definition) is 4. The lowest BCUT2D eigenvalue weighted by atomic mass is 9.84. The molecule has 0 saturated carbocycles. The van der Waals surface area contributed by atoms with Crippen LogP contribution >= 0.6 is 0 Å². The number of likely N-dealkylation sites (tertiary alicyclic amines) is 1. The molecule has 6 nitrogen and oxygen atoms in total. The normalized spacial score (nSPS) is 16.8. The molecule has 0 radical (unpaired) electrons. The van der Waals surface area contributed by atoms with Crippen molar-refractivity contribution in [3.8, 4) is 0 Å². The van der Waals surface area contributed by atoms with Crippen LogP contribution in [0, 0.1) is 11.3 Å². The van der Waals surface area contributed by atoms with Crippen LogP contribution in [0.4, 0.5) is 0 Å². The molecule has 0 aromatic rings. The zero-order chi connectivity index (χ0) is 19.7. The number of rotatable bonds is 8. The summed E-state index contributed by atoms with van der Waals surface area (Å²) in [5.41, 5.74) is -0.452. The smallest absolute Gasteiger partial charge is 0.328 e. The predicted octanol–water partition coefficient (Wildman–Crippen LogP) is 2.90. The lowest BCUT2D eigenvalue weighted by molar-refractivity contribution is -0.146. The molecule has 1 saturated heterocycles. The van der Waals surface area contributed by atoms with Crippen molar-refractivity contribution in [3.05, 3.63) is 0 Å². The Labute approximate surface area is 158 Å². The van der Waals surface area contributed by atoms with Gasteiger partial charge in [0.15, 0.2) is 0 Å².